The van der Waals surface area contributed by atoms with Crippen molar-refractivity contribution in [3.63, 3.8) is 0 Å². The summed E-state index contributed by atoms with van der Waals surface area (Å²) in [6.45, 7) is 3.40. The van der Waals surface area contributed by atoms with Crippen LogP contribution in [-0.2, 0) is 9.59 Å². The van der Waals surface area contributed by atoms with Crippen LogP contribution in [0.4, 0.5) is 0 Å². The number of hydrogen-bond acceptors (Lipinski definition) is 2. The normalized spacial score (nSPS) is 16.9. The molecule has 0 spiro atoms. The topological polar surface area (TPSA) is 49.4 Å². The van der Waals surface area contributed by atoms with E-state index in [1.165, 1.54) is 0 Å². The van der Waals surface area contributed by atoms with Gasteiger partial charge < -0.3 is 10.2 Å². The Morgan fingerprint density at radius 3 is 2.53 bits per heavy atom. The molecule has 1 N–H and O–H groups in total. The van der Waals surface area contributed by atoms with Crippen LogP contribution in [0.2, 0.25) is 0 Å². The maximum Gasteiger partial charge on any atom is 0.244 e. The third-order valence-corrected chi connectivity index (χ3v) is 3.22. The molecule has 1 unspecified atom stereocenters. The molecule has 4 nitrogen and oxygen atoms in total. The molecule has 98 valence electrons. The molecule has 1 atom stereocenters. The Kier molecular flexibility index (Phi) is 6.34. The van der Waals surface area contributed by atoms with E-state index in [0.717, 1.165) is 38.8 Å². The lowest BCUT2D eigenvalue weighted by molar-refractivity contribution is -0.135. The molecule has 1 saturated heterocycles. The minimum absolute atomic E-state index is 0.0354. The molecular weight excluding hydrogens is 240 g/mol. The molecule has 0 aromatic carbocycles. The summed E-state index contributed by atoms with van der Waals surface area (Å²) in [6.07, 6.45) is 4.21. The number of carbonyl (C=O) groups excluding carboxylic acids is 2. The van der Waals surface area contributed by atoms with Crippen molar-refractivity contribution in [1.29, 1.82) is 0 Å². The fourth-order valence-electron chi connectivity index (χ4n) is 1.97. The van der Waals surface area contributed by atoms with Crippen molar-refractivity contribution in [2.75, 3.05) is 19.0 Å². The molecule has 1 aliphatic heterocycles. The van der Waals surface area contributed by atoms with Gasteiger partial charge in [-0.15, -0.1) is 11.6 Å². The molecular formula is C12H21ClN2O2. The monoisotopic (exact) mass is 260 g/mol. The van der Waals surface area contributed by atoms with E-state index in [0.29, 0.717) is 12.3 Å². The molecule has 1 heterocycles. The lowest BCUT2D eigenvalue weighted by atomic mass is 10.2. The van der Waals surface area contributed by atoms with Gasteiger partial charge in [-0.05, 0) is 32.6 Å². The van der Waals surface area contributed by atoms with Crippen molar-refractivity contribution < 1.29 is 9.59 Å². The van der Waals surface area contributed by atoms with Crippen LogP contribution in [0, 0.1) is 0 Å². The van der Waals surface area contributed by atoms with Crippen molar-refractivity contribution in [1.82, 2.24) is 10.2 Å². The van der Waals surface area contributed by atoms with Crippen LogP contribution in [0.15, 0.2) is 0 Å². The van der Waals surface area contributed by atoms with Crippen molar-refractivity contribution in [3.05, 3.63) is 0 Å². The third-order valence-electron chi connectivity index (χ3n) is 2.95. The van der Waals surface area contributed by atoms with Crippen LogP contribution in [0.5, 0.6) is 0 Å². The minimum atomic E-state index is -0.406. The maximum absolute atomic E-state index is 11.9. The number of likely N-dealkylation sites (tertiary alicyclic amines) is 1. The Bertz CT molecular complexity index is 265. The predicted molar refractivity (Wildman–Crippen MR) is 68.0 cm³/mol. The number of nitrogens with zero attached hydrogens (tertiary/aromatic N) is 1. The van der Waals surface area contributed by atoms with Crippen LogP contribution in [0.1, 0.15) is 39.0 Å². The van der Waals surface area contributed by atoms with E-state index < -0.39 is 6.04 Å². The summed E-state index contributed by atoms with van der Waals surface area (Å²) >= 11 is 5.53. The van der Waals surface area contributed by atoms with Gasteiger partial charge in [-0.2, -0.15) is 0 Å². The number of halogens is 1. The highest BCUT2D eigenvalue weighted by molar-refractivity contribution is 6.17. The Balaban J connectivity index is 2.24. The molecule has 5 heteroatoms. The predicted octanol–water partition coefficient (Wildman–Crippen LogP) is 1.52. The molecule has 17 heavy (non-hydrogen) atoms. The molecule has 0 aromatic rings. The lowest BCUT2D eigenvalue weighted by Crippen LogP contribution is -2.45. The van der Waals surface area contributed by atoms with Gasteiger partial charge in [-0.3, -0.25) is 9.59 Å². The van der Waals surface area contributed by atoms with Crippen LogP contribution in [-0.4, -0.2) is 41.7 Å². The fraction of sp³-hybridized carbons (Fsp3) is 0.833. The first-order valence-electron chi connectivity index (χ1n) is 6.29. The molecule has 0 aliphatic carbocycles. The van der Waals surface area contributed by atoms with Gasteiger partial charge in [0, 0.05) is 25.4 Å². The second kappa shape index (κ2) is 7.54. The van der Waals surface area contributed by atoms with Gasteiger partial charge in [-0.1, -0.05) is 0 Å². The van der Waals surface area contributed by atoms with Crippen molar-refractivity contribution in [3.8, 4) is 0 Å². The Hall–Kier alpha value is -0.770. The van der Waals surface area contributed by atoms with Crippen LogP contribution < -0.4 is 5.32 Å². The largest absolute Gasteiger partial charge is 0.345 e. The molecule has 1 rings (SSSR count). The second-order valence-electron chi connectivity index (χ2n) is 4.47. The third kappa shape index (κ3) is 4.94. The molecule has 2 amide bonds. The van der Waals surface area contributed by atoms with Gasteiger partial charge in [0.15, 0.2) is 0 Å². The number of alkyl halides is 1. The summed E-state index contributed by atoms with van der Waals surface area (Å²) < 4.78 is 0. The molecule has 1 aliphatic rings. The maximum atomic E-state index is 11.9. The first-order chi connectivity index (χ1) is 8.15. The summed E-state index contributed by atoms with van der Waals surface area (Å²) in [5.41, 5.74) is 0. The average Bonchev–Trinajstić information content (AvgIpc) is 2.81. The van der Waals surface area contributed by atoms with E-state index in [1.807, 2.05) is 4.90 Å². The van der Waals surface area contributed by atoms with Gasteiger partial charge >= 0.3 is 0 Å². The van der Waals surface area contributed by atoms with E-state index >= 15 is 0 Å². The Morgan fingerprint density at radius 2 is 1.94 bits per heavy atom. The summed E-state index contributed by atoms with van der Waals surface area (Å²) in [5, 5.41) is 2.74. The van der Waals surface area contributed by atoms with Crippen LogP contribution >= 0.6 is 11.6 Å². The van der Waals surface area contributed by atoms with Crippen LogP contribution in [0.25, 0.3) is 0 Å². The highest BCUT2D eigenvalue weighted by Crippen LogP contribution is 2.09. The zero-order valence-electron chi connectivity index (χ0n) is 10.4. The summed E-state index contributed by atoms with van der Waals surface area (Å²) in [7, 11) is 0. The average molecular weight is 261 g/mol. The zero-order valence-corrected chi connectivity index (χ0v) is 11.1. The molecule has 0 bridgehead atoms. The first kappa shape index (κ1) is 14.3. The quantitative estimate of drug-likeness (QED) is 0.582. The van der Waals surface area contributed by atoms with Gasteiger partial charge in [0.25, 0.3) is 0 Å². The number of carbonyl (C=O) groups is 2. The van der Waals surface area contributed by atoms with E-state index in [-0.39, 0.29) is 11.8 Å². The minimum Gasteiger partial charge on any atom is -0.345 e. The fourth-order valence-corrected chi connectivity index (χ4v) is 2.16. The highest BCUT2D eigenvalue weighted by Gasteiger charge is 2.23. The highest BCUT2D eigenvalue weighted by atomic mass is 35.5. The number of unbranched alkanes of at least 4 members (excludes halogenated alkanes) is 1. The number of hydrogen-bond donors (Lipinski definition) is 1. The van der Waals surface area contributed by atoms with Gasteiger partial charge in [0.05, 0.1) is 0 Å². The standard InChI is InChI=1S/C12H21ClN2O2/c1-10(12(17)15-8-4-5-9-15)14-11(16)6-2-3-7-13/h10H,2-9H2,1H3,(H,14,16). The van der Waals surface area contributed by atoms with E-state index in [4.69, 9.17) is 11.6 Å². The van der Waals surface area contributed by atoms with E-state index in [1.54, 1.807) is 6.92 Å². The SMILES string of the molecule is CC(NC(=O)CCCCCl)C(=O)N1CCCC1. The van der Waals surface area contributed by atoms with E-state index in [9.17, 15) is 9.59 Å². The van der Waals surface area contributed by atoms with Crippen LogP contribution in [0.3, 0.4) is 0 Å². The van der Waals surface area contributed by atoms with Gasteiger partial charge in [0.1, 0.15) is 6.04 Å². The molecule has 0 saturated carbocycles. The van der Waals surface area contributed by atoms with E-state index in [2.05, 4.69) is 5.32 Å². The van der Waals surface area contributed by atoms with Gasteiger partial charge in [-0.25, -0.2) is 0 Å². The number of nitrogens with one attached hydrogen (secondary N) is 1. The Morgan fingerprint density at radius 1 is 1.29 bits per heavy atom. The zero-order chi connectivity index (χ0) is 12.7. The summed E-state index contributed by atoms with van der Waals surface area (Å²) in [5.74, 6) is 0.554. The van der Waals surface area contributed by atoms with Crippen molar-refractivity contribution in [2.45, 2.75) is 45.1 Å². The molecule has 1 fully saturated rings. The smallest absolute Gasteiger partial charge is 0.244 e. The summed E-state index contributed by atoms with van der Waals surface area (Å²) in [6, 6.07) is -0.406. The number of amides is 2. The first-order valence-corrected chi connectivity index (χ1v) is 6.82. The summed E-state index contributed by atoms with van der Waals surface area (Å²) in [4.78, 5) is 25.2. The second-order valence-corrected chi connectivity index (χ2v) is 4.85. The van der Waals surface area contributed by atoms with Crippen molar-refractivity contribution >= 4 is 23.4 Å². The molecule has 0 aromatic heterocycles. The molecule has 0 radical (unpaired) electrons. The lowest BCUT2D eigenvalue weighted by Gasteiger charge is -2.21. The van der Waals surface area contributed by atoms with Crippen molar-refractivity contribution in [2.24, 2.45) is 0 Å². The Labute approximate surface area is 108 Å². The van der Waals surface area contributed by atoms with Gasteiger partial charge in [0.2, 0.25) is 11.8 Å². The number of rotatable bonds is 6.